The van der Waals surface area contributed by atoms with Gasteiger partial charge in [-0.05, 0) is 36.8 Å². The number of hydrogen-bond acceptors (Lipinski definition) is 1. The third-order valence-electron chi connectivity index (χ3n) is 3.91. The first-order chi connectivity index (χ1) is 9.71. The number of aryl methyl sites for hydroxylation is 1. The third kappa shape index (κ3) is 5.77. The highest BCUT2D eigenvalue weighted by Gasteiger charge is 2.15. The first kappa shape index (κ1) is 16.7. The van der Waals surface area contributed by atoms with Gasteiger partial charge in [-0.2, -0.15) is 0 Å². The maximum absolute atomic E-state index is 11.1. The van der Waals surface area contributed by atoms with E-state index in [1.807, 2.05) is 0 Å². The molecular weight excluding hydrogens is 246 g/mol. The smallest absolute Gasteiger partial charge is 0.164 e. The normalized spacial score (nSPS) is 13.4. The molecule has 1 unspecified atom stereocenters. The fourth-order valence-electron chi connectivity index (χ4n) is 2.46. The van der Waals surface area contributed by atoms with E-state index < -0.39 is 0 Å². The van der Waals surface area contributed by atoms with Crippen LogP contribution in [0.5, 0.6) is 0 Å². The van der Waals surface area contributed by atoms with Gasteiger partial charge in [0.15, 0.2) is 5.71 Å². The van der Waals surface area contributed by atoms with Crippen LogP contribution >= 0.6 is 0 Å². The van der Waals surface area contributed by atoms with E-state index in [9.17, 15) is 5.21 Å². The van der Waals surface area contributed by atoms with Crippen molar-refractivity contribution in [2.45, 2.75) is 65.7 Å². The Morgan fingerprint density at radius 1 is 1.05 bits per heavy atom. The second-order valence-corrected chi connectivity index (χ2v) is 5.76. The van der Waals surface area contributed by atoms with Gasteiger partial charge in [-0.1, -0.05) is 57.9 Å². The lowest BCUT2D eigenvalue weighted by molar-refractivity contribution is -0.378. The fraction of sp³-hybridized carbons (Fsp3) is 0.611. The Morgan fingerprint density at radius 2 is 1.65 bits per heavy atom. The predicted octanol–water partition coefficient (Wildman–Crippen LogP) is 3.42. The molecule has 0 aliphatic rings. The molecule has 20 heavy (non-hydrogen) atoms. The van der Waals surface area contributed by atoms with Crippen molar-refractivity contribution >= 4 is 5.71 Å². The average Bonchev–Trinajstić information content (AvgIpc) is 2.47. The molecule has 112 valence electrons. The average molecular weight is 275 g/mol. The molecule has 2 nitrogen and oxygen atoms in total. The Hall–Kier alpha value is -1.31. The molecule has 0 amide bonds. The SMILES string of the molecule is CCCCC(=[NH+][O-])C(C)Cc1ccc(CCCC)cc1. The summed E-state index contributed by atoms with van der Waals surface area (Å²) in [7, 11) is 0. The molecule has 0 saturated carbocycles. The van der Waals surface area contributed by atoms with Gasteiger partial charge in [-0.15, -0.1) is 0 Å². The zero-order valence-electron chi connectivity index (χ0n) is 13.2. The van der Waals surface area contributed by atoms with Crippen LogP contribution in [0.25, 0.3) is 0 Å². The summed E-state index contributed by atoms with van der Waals surface area (Å²) in [6.07, 6.45) is 7.73. The minimum absolute atomic E-state index is 0.306. The van der Waals surface area contributed by atoms with Crippen molar-refractivity contribution in [2.24, 2.45) is 5.92 Å². The van der Waals surface area contributed by atoms with Crippen molar-refractivity contribution in [3.05, 3.63) is 40.6 Å². The Balaban J connectivity index is 2.54. The summed E-state index contributed by atoms with van der Waals surface area (Å²) in [6, 6.07) is 8.88. The van der Waals surface area contributed by atoms with E-state index in [4.69, 9.17) is 0 Å². The van der Waals surface area contributed by atoms with E-state index in [0.717, 1.165) is 31.4 Å². The van der Waals surface area contributed by atoms with Gasteiger partial charge in [0, 0.05) is 12.3 Å². The molecule has 0 spiro atoms. The molecule has 1 aromatic rings. The largest absolute Gasteiger partial charge is 0.625 e. The second-order valence-electron chi connectivity index (χ2n) is 5.76. The van der Waals surface area contributed by atoms with Crippen LogP contribution in [0.2, 0.25) is 0 Å². The van der Waals surface area contributed by atoms with Crippen LogP contribution in [-0.4, -0.2) is 5.71 Å². The highest BCUT2D eigenvalue weighted by Crippen LogP contribution is 2.14. The molecule has 1 N–H and O–H groups in total. The molecule has 0 saturated heterocycles. The zero-order chi connectivity index (χ0) is 14.8. The van der Waals surface area contributed by atoms with Gasteiger partial charge in [-0.25, -0.2) is 5.16 Å². The fourth-order valence-corrected chi connectivity index (χ4v) is 2.46. The van der Waals surface area contributed by atoms with Crippen LogP contribution in [0, 0.1) is 11.1 Å². The minimum atomic E-state index is 0.306. The highest BCUT2D eigenvalue weighted by atomic mass is 16.4. The zero-order valence-corrected chi connectivity index (χ0v) is 13.2. The lowest BCUT2D eigenvalue weighted by atomic mass is 9.93. The molecule has 0 bridgehead atoms. The molecule has 0 fully saturated rings. The number of unbranched alkanes of at least 4 members (excludes halogenated alkanes) is 2. The summed E-state index contributed by atoms with van der Waals surface area (Å²) < 4.78 is 0. The molecule has 1 atom stereocenters. The predicted molar refractivity (Wildman–Crippen MR) is 86.8 cm³/mol. The summed E-state index contributed by atoms with van der Waals surface area (Å²) in [5, 5.41) is 13.2. The van der Waals surface area contributed by atoms with Gasteiger partial charge in [0.25, 0.3) is 0 Å². The first-order valence-electron chi connectivity index (χ1n) is 8.02. The lowest BCUT2D eigenvalue weighted by Crippen LogP contribution is -2.67. The van der Waals surface area contributed by atoms with Gasteiger partial charge in [0.05, 0.1) is 0 Å². The van der Waals surface area contributed by atoms with Crippen LogP contribution in [0.4, 0.5) is 0 Å². The van der Waals surface area contributed by atoms with Crippen molar-refractivity contribution in [1.82, 2.24) is 0 Å². The third-order valence-corrected chi connectivity index (χ3v) is 3.91. The van der Waals surface area contributed by atoms with Crippen molar-refractivity contribution in [3.63, 3.8) is 0 Å². The quantitative estimate of drug-likeness (QED) is 0.418. The van der Waals surface area contributed by atoms with Gasteiger partial charge in [0.2, 0.25) is 0 Å². The topological polar surface area (TPSA) is 37.0 Å². The molecule has 1 aromatic carbocycles. The van der Waals surface area contributed by atoms with Gasteiger partial charge in [-0.3, -0.25) is 0 Å². The number of hydrogen-bond donors (Lipinski definition) is 1. The Kier molecular flexibility index (Phi) is 8.01. The van der Waals surface area contributed by atoms with Crippen molar-refractivity contribution in [1.29, 1.82) is 0 Å². The number of benzene rings is 1. The standard InChI is InChI=1S/C18H29NO/c1-4-6-8-16-10-12-17(13-11-16)14-15(3)18(19-20)9-7-5-2/h10-13,15,19H,4-9,14H2,1-3H3. The molecule has 0 radical (unpaired) electrons. The van der Waals surface area contributed by atoms with Gasteiger partial charge in [0.1, 0.15) is 0 Å². The van der Waals surface area contributed by atoms with Crippen molar-refractivity contribution in [3.8, 4) is 0 Å². The van der Waals surface area contributed by atoms with Crippen LogP contribution in [0.1, 0.15) is 64.0 Å². The molecule has 1 rings (SSSR count). The Labute approximate surface area is 123 Å². The second kappa shape index (κ2) is 9.57. The van der Waals surface area contributed by atoms with E-state index in [-0.39, 0.29) is 0 Å². The van der Waals surface area contributed by atoms with E-state index in [0.29, 0.717) is 5.92 Å². The van der Waals surface area contributed by atoms with Crippen molar-refractivity contribution in [2.75, 3.05) is 0 Å². The van der Waals surface area contributed by atoms with Crippen molar-refractivity contribution < 1.29 is 5.16 Å². The minimum Gasteiger partial charge on any atom is -0.625 e. The van der Waals surface area contributed by atoms with Gasteiger partial charge < -0.3 is 5.21 Å². The molecular formula is C18H29NO. The summed E-state index contributed by atoms with van der Waals surface area (Å²) in [4.78, 5) is 0. The summed E-state index contributed by atoms with van der Waals surface area (Å²) in [6.45, 7) is 6.52. The molecule has 0 aromatic heterocycles. The van der Waals surface area contributed by atoms with E-state index in [1.54, 1.807) is 0 Å². The number of nitrogens with one attached hydrogen (secondary N) is 1. The maximum atomic E-state index is 11.1. The van der Waals surface area contributed by atoms with E-state index >= 15 is 0 Å². The summed E-state index contributed by atoms with van der Waals surface area (Å²) in [5.74, 6) is 0.306. The van der Waals surface area contributed by atoms with E-state index in [2.05, 4.69) is 50.2 Å². The van der Waals surface area contributed by atoms with Gasteiger partial charge >= 0.3 is 0 Å². The molecule has 0 aliphatic carbocycles. The van der Waals surface area contributed by atoms with Crippen LogP contribution in [-0.2, 0) is 12.8 Å². The molecule has 0 heterocycles. The van der Waals surface area contributed by atoms with Crippen LogP contribution in [0.3, 0.4) is 0 Å². The first-order valence-corrected chi connectivity index (χ1v) is 8.02. The van der Waals surface area contributed by atoms with E-state index in [1.165, 1.54) is 30.4 Å². The Bertz CT molecular complexity index is 394. The molecule has 0 aliphatic heterocycles. The molecule has 2 heteroatoms. The monoisotopic (exact) mass is 275 g/mol. The van der Waals surface area contributed by atoms with Crippen LogP contribution < -0.4 is 5.16 Å². The summed E-state index contributed by atoms with van der Waals surface area (Å²) in [5.41, 5.74) is 3.68. The summed E-state index contributed by atoms with van der Waals surface area (Å²) >= 11 is 0. The number of rotatable bonds is 9. The van der Waals surface area contributed by atoms with Crippen LogP contribution in [0.15, 0.2) is 24.3 Å². The maximum Gasteiger partial charge on any atom is 0.164 e. The Morgan fingerprint density at radius 3 is 2.20 bits per heavy atom. The highest BCUT2D eigenvalue weighted by molar-refractivity contribution is 5.81. The lowest BCUT2D eigenvalue weighted by Gasteiger charge is -2.11.